The molecule has 0 bridgehead atoms. The third-order valence-electron chi connectivity index (χ3n) is 4.55. The molecule has 0 saturated carbocycles. The summed E-state index contributed by atoms with van der Waals surface area (Å²) in [5.41, 5.74) is 0.681. The Hall–Kier alpha value is -1.96. The van der Waals surface area contributed by atoms with Gasteiger partial charge in [0.1, 0.15) is 0 Å². The number of rotatable bonds is 5. The lowest BCUT2D eigenvalue weighted by atomic mass is 10.0. The SMILES string of the molecule is CS(=O)(=O)N1CCN(CCNC(=O)c2cccc3ccccc23)CC1. The zero-order valence-corrected chi connectivity index (χ0v) is 15.1. The average Bonchev–Trinajstić information content (AvgIpc) is 2.61. The summed E-state index contributed by atoms with van der Waals surface area (Å²) in [6, 6.07) is 13.6. The smallest absolute Gasteiger partial charge is 0.251 e. The standard InChI is InChI=1S/C18H23N3O3S/c1-25(23,24)21-13-11-20(12-14-21)10-9-19-18(22)17-8-4-6-15-5-2-3-7-16(15)17/h2-8H,9-14H2,1H3,(H,19,22). The van der Waals surface area contributed by atoms with Crippen LogP contribution in [0.3, 0.4) is 0 Å². The zero-order chi connectivity index (χ0) is 17.9. The lowest BCUT2D eigenvalue weighted by Gasteiger charge is -2.33. The van der Waals surface area contributed by atoms with E-state index in [9.17, 15) is 13.2 Å². The van der Waals surface area contributed by atoms with E-state index in [1.165, 1.54) is 10.6 Å². The first-order valence-corrected chi connectivity index (χ1v) is 10.2. The summed E-state index contributed by atoms with van der Waals surface area (Å²) in [7, 11) is -3.10. The first-order chi connectivity index (χ1) is 11.9. The monoisotopic (exact) mass is 361 g/mol. The van der Waals surface area contributed by atoms with Crippen LogP contribution in [0.5, 0.6) is 0 Å². The van der Waals surface area contributed by atoms with Gasteiger partial charge in [-0.15, -0.1) is 0 Å². The second-order valence-corrected chi connectivity index (χ2v) is 8.27. The summed E-state index contributed by atoms with van der Waals surface area (Å²) in [6.07, 6.45) is 1.24. The minimum absolute atomic E-state index is 0.0772. The van der Waals surface area contributed by atoms with Gasteiger partial charge < -0.3 is 5.32 Å². The van der Waals surface area contributed by atoms with Crippen LogP contribution < -0.4 is 5.32 Å². The maximum atomic E-state index is 12.5. The van der Waals surface area contributed by atoms with Gasteiger partial charge >= 0.3 is 0 Å². The van der Waals surface area contributed by atoms with Crippen molar-refractivity contribution in [2.75, 3.05) is 45.5 Å². The molecule has 1 heterocycles. The van der Waals surface area contributed by atoms with Gasteiger partial charge in [0.25, 0.3) is 5.91 Å². The zero-order valence-electron chi connectivity index (χ0n) is 14.3. The molecular weight excluding hydrogens is 338 g/mol. The van der Waals surface area contributed by atoms with E-state index >= 15 is 0 Å². The quantitative estimate of drug-likeness (QED) is 0.867. The van der Waals surface area contributed by atoms with Crippen LogP contribution in [0, 0.1) is 0 Å². The van der Waals surface area contributed by atoms with Gasteiger partial charge in [0.2, 0.25) is 10.0 Å². The number of hydrogen-bond acceptors (Lipinski definition) is 4. The molecule has 3 rings (SSSR count). The molecule has 1 saturated heterocycles. The van der Waals surface area contributed by atoms with E-state index in [4.69, 9.17) is 0 Å². The predicted octanol–water partition coefficient (Wildman–Crippen LogP) is 1.15. The van der Waals surface area contributed by atoms with Gasteiger partial charge in [-0.3, -0.25) is 9.69 Å². The van der Waals surface area contributed by atoms with E-state index in [1.807, 2.05) is 42.5 Å². The third kappa shape index (κ3) is 4.36. The third-order valence-corrected chi connectivity index (χ3v) is 5.85. The summed E-state index contributed by atoms with van der Waals surface area (Å²) < 4.78 is 24.5. The number of benzene rings is 2. The molecule has 1 fully saturated rings. The summed E-state index contributed by atoms with van der Waals surface area (Å²) in [4.78, 5) is 14.6. The highest BCUT2D eigenvalue weighted by molar-refractivity contribution is 7.88. The number of amides is 1. The predicted molar refractivity (Wildman–Crippen MR) is 99.1 cm³/mol. The molecule has 7 heteroatoms. The van der Waals surface area contributed by atoms with Crippen LogP contribution in [0.15, 0.2) is 42.5 Å². The topological polar surface area (TPSA) is 69.7 Å². The summed E-state index contributed by atoms with van der Waals surface area (Å²) in [5, 5.41) is 4.96. The molecule has 2 aromatic rings. The average molecular weight is 361 g/mol. The van der Waals surface area contributed by atoms with Gasteiger partial charge in [-0.05, 0) is 16.8 Å². The molecule has 1 amide bonds. The number of hydrogen-bond donors (Lipinski definition) is 1. The van der Waals surface area contributed by atoms with Crippen molar-refractivity contribution >= 4 is 26.7 Å². The Balaban J connectivity index is 1.52. The lowest BCUT2D eigenvalue weighted by molar-refractivity contribution is 0.0946. The number of piperazine rings is 1. The minimum atomic E-state index is -3.10. The Morgan fingerprint density at radius 3 is 2.44 bits per heavy atom. The maximum Gasteiger partial charge on any atom is 0.251 e. The van der Waals surface area contributed by atoms with Crippen LogP contribution in [-0.2, 0) is 10.0 Å². The second kappa shape index (κ2) is 7.51. The Morgan fingerprint density at radius 2 is 1.72 bits per heavy atom. The normalized spacial score (nSPS) is 16.8. The van der Waals surface area contributed by atoms with Crippen LogP contribution in [0.1, 0.15) is 10.4 Å². The molecule has 0 unspecified atom stereocenters. The van der Waals surface area contributed by atoms with Crippen LogP contribution in [-0.4, -0.2) is 69.1 Å². The molecule has 25 heavy (non-hydrogen) atoms. The van der Waals surface area contributed by atoms with E-state index in [0.29, 0.717) is 44.8 Å². The number of carbonyl (C=O) groups excluding carboxylic acids is 1. The summed E-state index contributed by atoms with van der Waals surface area (Å²) in [6.45, 7) is 3.66. The summed E-state index contributed by atoms with van der Waals surface area (Å²) >= 11 is 0. The molecule has 0 spiro atoms. The van der Waals surface area contributed by atoms with Crippen molar-refractivity contribution in [2.24, 2.45) is 0 Å². The van der Waals surface area contributed by atoms with Gasteiger partial charge in [0.15, 0.2) is 0 Å². The van der Waals surface area contributed by atoms with Gasteiger partial charge in [0, 0.05) is 44.8 Å². The first-order valence-electron chi connectivity index (χ1n) is 8.38. The Labute approximate surface area is 148 Å². The molecule has 2 aromatic carbocycles. The number of sulfonamides is 1. The largest absolute Gasteiger partial charge is 0.351 e. The number of fused-ring (bicyclic) bond motifs is 1. The molecule has 6 nitrogen and oxygen atoms in total. The first kappa shape index (κ1) is 17.8. The lowest BCUT2D eigenvalue weighted by Crippen LogP contribution is -2.49. The van der Waals surface area contributed by atoms with E-state index in [0.717, 1.165) is 10.8 Å². The Morgan fingerprint density at radius 1 is 1.04 bits per heavy atom. The van der Waals surface area contributed by atoms with Crippen molar-refractivity contribution in [3.8, 4) is 0 Å². The molecule has 134 valence electrons. The molecule has 0 aromatic heterocycles. The van der Waals surface area contributed by atoms with Crippen LogP contribution in [0.4, 0.5) is 0 Å². The van der Waals surface area contributed by atoms with Gasteiger partial charge in [0.05, 0.1) is 6.26 Å². The van der Waals surface area contributed by atoms with Crippen molar-refractivity contribution in [3.63, 3.8) is 0 Å². The molecule has 0 atom stereocenters. The van der Waals surface area contributed by atoms with Crippen LogP contribution >= 0.6 is 0 Å². The van der Waals surface area contributed by atoms with Crippen molar-refractivity contribution in [1.82, 2.24) is 14.5 Å². The maximum absolute atomic E-state index is 12.5. The van der Waals surface area contributed by atoms with Crippen LogP contribution in [0.2, 0.25) is 0 Å². The molecule has 0 aliphatic carbocycles. The van der Waals surface area contributed by atoms with E-state index in [1.54, 1.807) is 0 Å². The van der Waals surface area contributed by atoms with Gasteiger partial charge in [-0.2, -0.15) is 4.31 Å². The Bertz CT molecular complexity index is 854. The van der Waals surface area contributed by atoms with E-state index < -0.39 is 10.0 Å². The number of nitrogens with one attached hydrogen (secondary N) is 1. The van der Waals surface area contributed by atoms with Gasteiger partial charge in [-0.1, -0.05) is 36.4 Å². The van der Waals surface area contributed by atoms with E-state index in [-0.39, 0.29) is 5.91 Å². The fourth-order valence-corrected chi connectivity index (χ4v) is 3.96. The minimum Gasteiger partial charge on any atom is -0.351 e. The molecular formula is C18H23N3O3S. The Kier molecular flexibility index (Phi) is 5.36. The molecule has 0 radical (unpaired) electrons. The highest BCUT2D eigenvalue weighted by Gasteiger charge is 2.23. The number of carbonyl (C=O) groups is 1. The molecule has 1 aliphatic rings. The van der Waals surface area contributed by atoms with Crippen molar-refractivity contribution in [2.45, 2.75) is 0 Å². The highest BCUT2D eigenvalue weighted by atomic mass is 32.2. The van der Waals surface area contributed by atoms with Crippen molar-refractivity contribution in [1.29, 1.82) is 0 Å². The summed E-state index contributed by atoms with van der Waals surface area (Å²) in [5.74, 6) is -0.0772. The highest BCUT2D eigenvalue weighted by Crippen LogP contribution is 2.18. The van der Waals surface area contributed by atoms with Gasteiger partial charge in [-0.25, -0.2) is 8.42 Å². The number of nitrogens with zero attached hydrogens (tertiary/aromatic N) is 2. The fraction of sp³-hybridized carbons (Fsp3) is 0.389. The van der Waals surface area contributed by atoms with Crippen molar-refractivity contribution in [3.05, 3.63) is 48.0 Å². The second-order valence-electron chi connectivity index (χ2n) is 6.29. The van der Waals surface area contributed by atoms with E-state index in [2.05, 4.69) is 10.2 Å². The fourth-order valence-electron chi connectivity index (χ4n) is 3.13. The van der Waals surface area contributed by atoms with Crippen LogP contribution in [0.25, 0.3) is 10.8 Å². The van der Waals surface area contributed by atoms with Crippen molar-refractivity contribution < 1.29 is 13.2 Å². The molecule has 1 N–H and O–H groups in total. The molecule has 1 aliphatic heterocycles.